The van der Waals surface area contributed by atoms with Crippen LogP contribution >= 0.6 is 27.5 Å². The molecule has 6 nitrogen and oxygen atoms in total. The Labute approximate surface area is 210 Å². The number of barbiturate groups is 1. The monoisotopic (exact) mass is 538 g/mol. The molecule has 1 aliphatic heterocycles. The van der Waals surface area contributed by atoms with Gasteiger partial charge in [0, 0.05) is 4.47 Å². The summed E-state index contributed by atoms with van der Waals surface area (Å²) in [5.74, 6) is -1.01. The Kier molecular flexibility index (Phi) is 6.86. The van der Waals surface area contributed by atoms with Gasteiger partial charge in [-0.05, 0) is 66.9 Å². The van der Waals surface area contributed by atoms with E-state index in [4.69, 9.17) is 16.3 Å². The first kappa shape index (κ1) is 23.7. The van der Waals surface area contributed by atoms with Gasteiger partial charge in [-0.2, -0.15) is 0 Å². The molecule has 8 heteroatoms. The molecule has 1 fully saturated rings. The fraction of sp³-hybridized carbons (Fsp3) is 0.115. The average molecular weight is 540 g/mol. The number of benzene rings is 3. The van der Waals surface area contributed by atoms with Gasteiger partial charge >= 0.3 is 6.03 Å². The Hall–Kier alpha value is -3.42. The van der Waals surface area contributed by atoms with E-state index in [0.29, 0.717) is 28.6 Å². The highest BCUT2D eigenvalue weighted by Crippen LogP contribution is 2.29. The summed E-state index contributed by atoms with van der Waals surface area (Å²) in [6, 6.07) is 17.2. The second-order valence-electron chi connectivity index (χ2n) is 7.86. The molecule has 0 radical (unpaired) electrons. The normalized spacial score (nSPS) is 15.0. The summed E-state index contributed by atoms with van der Waals surface area (Å²) in [6.07, 6.45) is 1.40. The van der Waals surface area contributed by atoms with Gasteiger partial charge < -0.3 is 4.74 Å². The molecule has 4 amide bonds. The minimum absolute atomic E-state index is 0.176. The van der Waals surface area contributed by atoms with Crippen molar-refractivity contribution < 1.29 is 19.1 Å². The lowest BCUT2D eigenvalue weighted by Gasteiger charge is -2.26. The zero-order valence-corrected chi connectivity index (χ0v) is 20.7. The molecule has 172 valence electrons. The minimum atomic E-state index is -0.799. The Morgan fingerprint density at radius 3 is 2.53 bits per heavy atom. The molecule has 0 unspecified atom stereocenters. The second kappa shape index (κ2) is 9.83. The SMILES string of the molecule is Cc1cccc(COc2ccc(/C=C3/C(=O)NC(=O)N(c4ccc(Br)c(C)c4)C3=O)cc2Cl)c1. The predicted molar refractivity (Wildman–Crippen MR) is 135 cm³/mol. The van der Waals surface area contributed by atoms with Crippen LogP contribution in [0.3, 0.4) is 0 Å². The van der Waals surface area contributed by atoms with Crippen LogP contribution in [0.15, 0.2) is 70.7 Å². The summed E-state index contributed by atoms with van der Waals surface area (Å²) < 4.78 is 6.66. The molecule has 1 aliphatic rings. The maximum absolute atomic E-state index is 13.1. The van der Waals surface area contributed by atoms with Gasteiger partial charge in [0.05, 0.1) is 10.7 Å². The van der Waals surface area contributed by atoms with E-state index in [1.807, 2.05) is 38.1 Å². The van der Waals surface area contributed by atoms with Gasteiger partial charge in [-0.1, -0.05) is 63.4 Å². The number of amides is 4. The van der Waals surface area contributed by atoms with Crippen LogP contribution in [0.1, 0.15) is 22.3 Å². The number of imide groups is 2. The van der Waals surface area contributed by atoms with Crippen molar-refractivity contribution in [2.24, 2.45) is 0 Å². The molecule has 0 aromatic heterocycles. The third-order valence-corrected chi connectivity index (χ3v) is 6.43. The molecule has 0 bridgehead atoms. The van der Waals surface area contributed by atoms with Gasteiger partial charge in [-0.25, -0.2) is 9.69 Å². The van der Waals surface area contributed by atoms with Crippen LogP contribution in [0.5, 0.6) is 5.75 Å². The Balaban J connectivity index is 1.57. The van der Waals surface area contributed by atoms with E-state index in [1.165, 1.54) is 6.08 Å². The van der Waals surface area contributed by atoms with Crippen LogP contribution in [0.2, 0.25) is 5.02 Å². The number of aryl methyl sites for hydroxylation is 2. The first-order valence-corrected chi connectivity index (χ1v) is 11.6. The number of carbonyl (C=O) groups is 3. The number of halogens is 2. The summed E-state index contributed by atoms with van der Waals surface area (Å²) in [7, 11) is 0. The molecule has 34 heavy (non-hydrogen) atoms. The van der Waals surface area contributed by atoms with Crippen LogP contribution in [0.4, 0.5) is 10.5 Å². The largest absolute Gasteiger partial charge is 0.487 e. The van der Waals surface area contributed by atoms with E-state index in [9.17, 15) is 14.4 Å². The van der Waals surface area contributed by atoms with Crippen molar-refractivity contribution in [3.05, 3.63) is 98.0 Å². The van der Waals surface area contributed by atoms with Crippen molar-refractivity contribution in [1.29, 1.82) is 0 Å². The summed E-state index contributed by atoms with van der Waals surface area (Å²) in [6.45, 7) is 4.20. The lowest BCUT2D eigenvalue weighted by Crippen LogP contribution is -2.54. The van der Waals surface area contributed by atoms with E-state index in [0.717, 1.165) is 26.1 Å². The average Bonchev–Trinajstić information content (AvgIpc) is 2.78. The van der Waals surface area contributed by atoms with E-state index in [-0.39, 0.29) is 5.57 Å². The summed E-state index contributed by atoms with van der Waals surface area (Å²) >= 11 is 9.79. The smallest absolute Gasteiger partial charge is 0.335 e. The van der Waals surface area contributed by atoms with Gasteiger partial charge in [-0.15, -0.1) is 0 Å². The standard InChI is InChI=1S/C26H20BrClN2O4/c1-15-4-3-5-18(10-15)14-34-23-9-6-17(13-22(23)28)12-20-24(31)29-26(33)30(25(20)32)19-7-8-21(27)16(2)11-19/h3-13H,14H2,1-2H3,(H,29,31,33)/b20-12-. The fourth-order valence-electron chi connectivity index (χ4n) is 3.51. The highest BCUT2D eigenvalue weighted by atomic mass is 79.9. The van der Waals surface area contributed by atoms with Crippen molar-refractivity contribution >= 4 is 57.1 Å². The molecule has 0 atom stereocenters. The van der Waals surface area contributed by atoms with E-state index < -0.39 is 17.8 Å². The van der Waals surface area contributed by atoms with Gasteiger partial charge in [0.15, 0.2) is 0 Å². The quantitative estimate of drug-likeness (QED) is 0.320. The molecular formula is C26H20BrClN2O4. The number of hydrogen-bond acceptors (Lipinski definition) is 4. The number of ether oxygens (including phenoxy) is 1. The van der Waals surface area contributed by atoms with Crippen molar-refractivity contribution in [2.45, 2.75) is 20.5 Å². The first-order valence-electron chi connectivity index (χ1n) is 10.4. The number of nitrogens with one attached hydrogen (secondary N) is 1. The van der Waals surface area contributed by atoms with Crippen molar-refractivity contribution in [3.8, 4) is 5.75 Å². The minimum Gasteiger partial charge on any atom is -0.487 e. The molecule has 3 aromatic carbocycles. The molecule has 0 spiro atoms. The lowest BCUT2D eigenvalue weighted by molar-refractivity contribution is -0.122. The van der Waals surface area contributed by atoms with Gasteiger partial charge in [-0.3, -0.25) is 14.9 Å². The maximum Gasteiger partial charge on any atom is 0.335 e. The third kappa shape index (κ3) is 5.05. The van der Waals surface area contributed by atoms with Crippen LogP contribution in [0, 0.1) is 13.8 Å². The molecule has 3 aromatic rings. The molecule has 1 N–H and O–H groups in total. The highest BCUT2D eigenvalue weighted by molar-refractivity contribution is 9.10. The van der Waals surface area contributed by atoms with Crippen LogP contribution in [-0.2, 0) is 16.2 Å². The molecule has 1 saturated heterocycles. The van der Waals surface area contributed by atoms with Gasteiger partial charge in [0.25, 0.3) is 11.8 Å². The van der Waals surface area contributed by atoms with Crippen molar-refractivity contribution in [1.82, 2.24) is 5.32 Å². The van der Waals surface area contributed by atoms with Crippen molar-refractivity contribution in [2.75, 3.05) is 4.90 Å². The molecule has 0 aliphatic carbocycles. The number of anilines is 1. The van der Waals surface area contributed by atoms with Crippen LogP contribution < -0.4 is 15.0 Å². The summed E-state index contributed by atoms with van der Waals surface area (Å²) in [5, 5.41) is 2.56. The van der Waals surface area contributed by atoms with Crippen LogP contribution in [-0.4, -0.2) is 17.8 Å². The zero-order chi connectivity index (χ0) is 24.4. The molecule has 4 rings (SSSR count). The van der Waals surface area contributed by atoms with Gasteiger partial charge in [0.1, 0.15) is 17.9 Å². The molecule has 1 heterocycles. The van der Waals surface area contributed by atoms with Crippen LogP contribution in [0.25, 0.3) is 6.08 Å². The second-order valence-corrected chi connectivity index (χ2v) is 9.12. The topological polar surface area (TPSA) is 75.7 Å². The third-order valence-electron chi connectivity index (χ3n) is 5.25. The fourth-order valence-corrected chi connectivity index (χ4v) is 4.00. The zero-order valence-electron chi connectivity index (χ0n) is 18.4. The number of rotatable bonds is 5. The van der Waals surface area contributed by atoms with E-state index in [2.05, 4.69) is 21.2 Å². The molecule has 0 saturated carbocycles. The number of carbonyl (C=O) groups excluding carboxylic acids is 3. The van der Waals surface area contributed by atoms with E-state index in [1.54, 1.807) is 36.4 Å². The Morgan fingerprint density at radius 2 is 1.82 bits per heavy atom. The lowest BCUT2D eigenvalue weighted by atomic mass is 10.1. The Bertz CT molecular complexity index is 1350. The van der Waals surface area contributed by atoms with Gasteiger partial charge in [0.2, 0.25) is 0 Å². The van der Waals surface area contributed by atoms with E-state index >= 15 is 0 Å². The molecular weight excluding hydrogens is 520 g/mol. The Morgan fingerprint density at radius 1 is 1.03 bits per heavy atom. The first-order chi connectivity index (χ1) is 16.2. The summed E-state index contributed by atoms with van der Waals surface area (Å²) in [5.41, 5.74) is 3.69. The number of hydrogen-bond donors (Lipinski definition) is 1. The highest BCUT2D eigenvalue weighted by Gasteiger charge is 2.36. The number of nitrogens with zero attached hydrogens (tertiary/aromatic N) is 1. The number of urea groups is 1. The summed E-state index contributed by atoms with van der Waals surface area (Å²) in [4.78, 5) is 38.9. The maximum atomic E-state index is 13.1. The van der Waals surface area contributed by atoms with Crippen molar-refractivity contribution in [3.63, 3.8) is 0 Å². The predicted octanol–water partition coefficient (Wildman–Crippen LogP) is 5.96.